The number of hydrogen-bond donors (Lipinski definition) is 3. The maximum absolute atomic E-state index is 15.0. The molecule has 1 atom stereocenters. The summed E-state index contributed by atoms with van der Waals surface area (Å²) in [6, 6.07) is 3.24. The maximum atomic E-state index is 15.0. The number of nitrogens with one attached hydrogen (secondary N) is 1. The second-order valence-electron chi connectivity index (χ2n) is 7.61. The highest BCUT2D eigenvalue weighted by molar-refractivity contribution is 5.99. The van der Waals surface area contributed by atoms with Crippen LogP contribution in [0.25, 0.3) is 21.9 Å². The van der Waals surface area contributed by atoms with Gasteiger partial charge in [0.25, 0.3) is 0 Å². The van der Waals surface area contributed by atoms with Gasteiger partial charge < -0.3 is 20.9 Å². The zero-order chi connectivity index (χ0) is 21.5. The molecule has 0 saturated carbocycles. The summed E-state index contributed by atoms with van der Waals surface area (Å²) in [5.74, 6) is -0.316. The summed E-state index contributed by atoms with van der Waals surface area (Å²) in [5, 5.41) is 3.64. The molecule has 0 aliphatic carbocycles. The normalized spacial score (nSPS) is 18.5. The van der Waals surface area contributed by atoms with Crippen molar-refractivity contribution < 1.29 is 18.7 Å². The number of anilines is 3. The Morgan fingerprint density at radius 1 is 1.27 bits per heavy atom. The van der Waals surface area contributed by atoms with Gasteiger partial charge in [-0.2, -0.15) is 0 Å². The third-order valence-corrected chi connectivity index (χ3v) is 5.30. The third kappa shape index (κ3) is 3.59. The molecular weight excluding hydrogens is 389 g/mol. The standard InChI is InChI=1S/C21H22FN5O3/c1-11-14(7-25-9-16(11)23)13-5-12-6-17(26-8-15(12)19(24)18(13)22)27-20(28)30-21(2)3-4-29-10-21/h5-9H,3-4,10,23-24H2,1-2H3,(H,26,27,28). The van der Waals surface area contributed by atoms with E-state index in [0.717, 1.165) is 0 Å². The average molecular weight is 411 g/mol. The number of pyridine rings is 2. The molecule has 30 heavy (non-hydrogen) atoms. The number of ether oxygens (including phenoxy) is 2. The summed E-state index contributed by atoms with van der Waals surface area (Å²) in [5.41, 5.74) is 13.2. The van der Waals surface area contributed by atoms with Crippen molar-refractivity contribution in [3.05, 3.63) is 42.1 Å². The molecule has 3 heterocycles. The first kappa shape index (κ1) is 19.8. The lowest BCUT2D eigenvalue weighted by molar-refractivity contribution is 0.0241. The fraction of sp³-hybridized carbons (Fsp3) is 0.286. The van der Waals surface area contributed by atoms with Crippen LogP contribution < -0.4 is 16.8 Å². The van der Waals surface area contributed by atoms with Crippen molar-refractivity contribution in [1.29, 1.82) is 0 Å². The van der Waals surface area contributed by atoms with Crippen molar-refractivity contribution in [3.63, 3.8) is 0 Å². The number of hydrogen-bond acceptors (Lipinski definition) is 7. The van der Waals surface area contributed by atoms with Gasteiger partial charge in [0.05, 0.1) is 30.8 Å². The number of fused-ring (bicyclic) bond motifs is 1. The Labute approximate surface area is 172 Å². The Hall–Kier alpha value is -3.46. The quantitative estimate of drug-likeness (QED) is 0.562. The van der Waals surface area contributed by atoms with E-state index in [1.165, 1.54) is 18.6 Å². The van der Waals surface area contributed by atoms with Gasteiger partial charge in [-0.25, -0.2) is 14.2 Å². The smallest absolute Gasteiger partial charge is 0.413 e. The third-order valence-electron chi connectivity index (χ3n) is 5.30. The molecule has 0 spiro atoms. The number of carbonyl (C=O) groups is 1. The summed E-state index contributed by atoms with van der Waals surface area (Å²) in [7, 11) is 0. The van der Waals surface area contributed by atoms with E-state index in [1.807, 2.05) is 6.92 Å². The van der Waals surface area contributed by atoms with Gasteiger partial charge in [0.1, 0.15) is 11.4 Å². The lowest BCUT2D eigenvalue weighted by Crippen LogP contribution is -2.34. The van der Waals surface area contributed by atoms with E-state index < -0.39 is 17.5 Å². The summed E-state index contributed by atoms with van der Waals surface area (Å²) in [4.78, 5) is 20.5. The Bertz CT molecular complexity index is 1150. The van der Waals surface area contributed by atoms with Crippen molar-refractivity contribution in [2.45, 2.75) is 25.9 Å². The molecule has 1 fully saturated rings. The van der Waals surface area contributed by atoms with Crippen molar-refractivity contribution in [2.75, 3.05) is 30.0 Å². The van der Waals surface area contributed by atoms with Crippen LogP contribution in [0.2, 0.25) is 0 Å². The first-order valence-electron chi connectivity index (χ1n) is 9.43. The summed E-state index contributed by atoms with van der Waals surface area (Å²) >= 11 is 0. The highest BCUT2D eigenvalue weighted by Gasteiger charge is 2.34. The highest BCUT2D eigenvalue weighted by atomic mass is 19.1. The van der Waals surface area contributed by atoms with Crippen LogP contribution in [0.1, 0.15) is 18.9 Å². The zero-order valence-corrected chi connectivity index (χ0v) is 16.7. The second kappa shape index (κ2) is 7.42. The van der Waals surface area contributed by atoms with Crippen molar-refractivity contribution in [1.82, 2.24) is 9.97 Å². The number of carbonyl (C=O) groups excluding carboxylic acids is 1. The predicted octanol–water partition coefficient (Wildman–Crippen LogP) is 3.64. The van der Waals surface area contributed by atoms with Crippen LogP contribution in [0.3, 0.4) is 0 Å². The molecule has 5 N–H and O–H groups in total. The average Bonchev–Trinajstić information content (AvgIpc) is 3.12. The van der Waals surface area contributed by atoms with Gasteiger partial charge in [-0.1, -0.05) is 0 Å². The predicted molar refractivity (Wildman–Crippen MR) is 112 cm³/mol. The van der Waals surface area contributed by atoms with Gasteiger partial charge in [-0.3, -0.25) is 10.3 Å². The lowest BCUT2D eigenvalue weighted by atomic mass is 9.97. The molecule has 156 valence electrons. The Morgan fingerprint density at radius 3 is 2.80 bits per heavy atom. The van der Waals surface area contributed by atoms with Gasteiger partial charge in [0.2, 0.25) is 0 Å². The van der Waals surface area contributed by atoms with Gasteiger partial charge in [-0.15, -0.1) is 0 Å². The topological polar surface area (TPSA) is 125 Å². The Kier molecular flexibility index (Phi) is 4.90. The van der Waals surface area contributed by atoms with Crippen LogP contribution in [-0.2, 0) is 9.47 Å². The largest absolute Gasteiger partial charge is 0.440 e. The SMILES string of the molecule is Cc1c(N)cncc1-c1cc2cc(NC(=O)OC3(C)CCOC3)ncc2c(N)c1F. The number of benzene rings is 1. The molecule has 1 aromatic carbocycles. The molecule has 1 unspecified atom stereocenters. The van der Waals surface area contributed by atoms with E-state index in [1.54, 1.807) is 19.1 Å². The molecule has 4 rings (SSSR count). The number of nitrogens with two attached hydrogens (primary N) is 2. The van der Waals surface area contributed by atoms with Crippen molar-refractivity contribution in [2.24, 2.45) is 0 Å². The molecule has 3 aromatic rings. The Morgan fingerprint density at radius 2 is 2.07 bits per heavy atom. The minimum absolute atomic E-state index is 0.0402. The maximum Gasteiger partial charge on any atom is 0.413 e. The van der Waals surface area contributed by atoms with E-state index in [9.17, 15) is 9.18 Å². The van der Waals surface area contributed by atoms with Crippen molar-refractivity contribution >= 4 is 34.1 Å². The molecule has 8 nitrogen and oxygen atoms in total. The van der Waals surface area contributed by atoms with Crippen LogP contribution >= 0.6 is 0 Å². The first-order chi connectivity index (χ1) is 14.3. The van der Waals surface area contributed by atoms with E-state index in [-0.39, 0.29) is 17.1 Å². The highest BCUT2D eigenvalue weighted by Crippen LogP contribution is 2.36. The number of aromatic nitrogens is 2. The van der Waals surface area contributed by atoms with Gasteiger partial charge in [0.15, 0.2) is 5.82 Å². The van der Waals surface area contributed by atoms with E-state index >= 15 is 0 Å². The summed E-state index contributed by atoms with van der Waals surface area (Å²) in [6.45, 7) is 4.49. The second-order valence-corrected chi connectivity index (χ2v) is 7.61. The molecule has 0 bridgehead atoms. The number of amides is 1. The van der Waals surface area contributed by atoms with Gasteiger partial charge >= 0.3 is 6.09 Å². The number of rotatable bonds is 3. The molecular formula is C21H22FN5O3. The monoisotopic (exact) mass is 411 g/mol. The fourth-order valence-corrected chi connectivity index (χ4v) is 3.46. The number of nitrogen functional groups attached to an aromatic ring is 2. The molecule has 1 aliphatic rings. The fourth-order valence-electron chi connectivity index (χ4n) is 3.46. The van der Waals surface area contributed by atoms with E-state index in [0.29, 0.717) is 47.2 Å². The van der Waals surface area contributed by atoms with Crippen molar-refractivity contribution in [3.8, 4) is 11.1 Å². The summed E-state index contributed by atoms with van der Waals surface area (Å²) in [6.07, 6.45) is 4.45. The zero-order valence-electron chi connectivity index (χ0n) is 16.7. The molecule has 9 heteroatoms. The molecule has 1 saturated heterocycles. The molecule has 2 aromatic heterocycles. The van der Waals surface area contributed by atoms with Crippen LogP contribution in [0.4, 0.5) is 26.4 Å². The van der Waals surface area contributed by atoms with Gasteiger partial charge in [0, 0.05) is 35.3 Å². The van der Waals surface area contributed by atoms with E-state index in [4.69, 9.17) is 20.9 Å². The van der Waals surface area contributed by atoms with E-state index in [2.05, 4.69) is 15.3 Å². The minimum atomic E-state index is -0.667. The Balaban J connectivity index is 1.69. The molecule has 1 aliphatic heterocycles. The lowest BCUT2D eigenvalue weighted by Gasteiger charge is -2.22. The molecule has 1 amide bonds. The van der Waals surface area contributed by atoms with Crippen LogP contribution in [0.15, 0.2) is 30.7 Å². The number of nitrogens with zero attached hydrogens (tertiary/aromatic N) is 2. The first-order valence-corrected chi connectivity index (χ1v) is 9.43. The van der Waals surface area contributed by atoms with Gasteiger partial charge in [-0.05, 0) is 36.9 Å². The van der Waals surface area contributed by atoms with Crippen LogP contribution in [-0.4, -0.2) is 34.9 Å². The molecule has 0 radical (unpaired) electrons. The minimum Gasteiger partial charge on any atom is -0.440 e. The van der Waals surface area contributed by atoms with Crippen LogP contribution in [0, 0.1) is 12.7 Å². The number of halogens is 1. The summed E-state index contributed by atoms with van der Waals surface area (Å²) < 4.78 is 25.7. The van der Waals surface area contributed by atoms with Crippen LogP contribution in [0.5, 0.6) is 0 Å².